The van der Waals surface area contributed by atoms with Crippen molar-refractivity contribution in [3.63, 3.8) is 0 Å². The minimum absolute atomic E-state index is 0.0502. The zero-order valence-electron chi connectivity index (χ0n) is 10.1. The summed E-state index contributed by atoms with van der Waals surface area (Å²) < 4.78 is 15.0. The lowest BCUT2D eigenvalue weighted by Gasteiger charge is -2.07. The Morgan fingerprint density at radius 1 is 1.30 bits per heavy atom. The number of nitrogen functional groups attached to an aromatic ring is 1. The highest BCUT2D eigenvalue weighted by atomic mass is 35.5. The third kappa shape index (κ3) is 1.78. The molecule has 0 aliphatic heterocycles. The molecule has 20 heavy (non-hydrogen) atoms. The second-order valence-corrected chi connectivity index (χ2v) is 4.60. The predicted octanol–water partition coefficient (Wildman–Crippen LogP) is 3.27. The number of nitrogens with zero attached hydrogens (tertiary/aromatic N) is 3. The standard InChI is InChI=1S/C14H8ClFN4/c15-10-2-1-3-12-13(10)19-14(18)20(12)9-4-5-11(16)8(6-9)7-17/h1-6H,(H2,18,19). The number of halogens is 2. The summed E-state index contributed by atoms with van der Waals surface area (Å²) in [5, 5.41) is 9.38. The van der Waals surface area contributed by atoms with E-state index in [1.165, 1.54) is 18.2 Å². The molecule has 3 rings (SSSR count). The van der Waals surface area contributed by atoms with Crippen LogP contribution in [0.25, 0.3) is 16.7 Å². The van der Waals surface area contributed by atoms with Crippen molar-refractivity contribution in [3.8, 4) is 11.8 Å². The molecule has 2 N–H and O–H groups in total. The van der Waals surface area contributed by atoms with Crippen LogP contribution in [0.5, 0.6) is 0 Å². The highest BCUT2D eigenvalue weighted by Crippen LogP contribution is 2.28. The minimum Gasteiger partial charge on any atom is -0.369 e. The number of hydrogen-bond acceptors (Lipinski definition) is 3. The number of aromatic nitrogens is 2. The van der Waals surface area contributed by atoms with Crippen LogP contribution < -0.4 is 5.73 Å². The zero-order valence-corrected chi connectivity index (χ0v) is 10.9. The predicted molar refractivity (Wildman–Crippen MR) is 75.2 cm³/mol. The first kappa shape index (κ1) is 12.5. The van der Waals surface area contributed by atoms with Crippen LogP contribution in [-0.2, 0) is 0 Å². The van der Waals surface area contributed by atoms with Gasteiger partial charge in [0.25, 0.3) is 0 Å². The number of rotatable bonds is 1. The first-order valence-electron chi connectivity index (χ1n) is 5.74. The SMILES string of the molecule is N#Cc1cc(-n2c(N)nc3c(Cl)cccc32)ccc1F. The summed E-state index contributed by atoms with van der Waals surface area (Å²) in [4.78, 5) is 4.20. The molecular formula is C14H8ClFN4. The Morgan fingerprint density at radius 2 is 2.10 bits per heavy atom. The van der Waals surface area contributed by atoms with Crippen LogP contribution in [0, 0.1) is 17.1 Å². The van der Waals surface area contributed by atoms with Gasteiger partial charge in [-0.1, -0.05) is 17.7 Å². The molecule has 0 radical (unpaired) electrons. The van der Waals surface area contributed by atoms with Gasteiger partial charge in [0, 0.05) is 0 Å². The Bertz CT molecular complexity index is 863. The Balaban J connectivity index is 2.33. The summed E-state index contributed by atoms with van der Waals surface area (Å²) in [6, 6.07) is 11.3. The molecule has 3 aromatic rings. The van der Waals surface area contributed by atoms with Crippen molar-refractivity contribution in [2.24, 2.45) is 0 Å². The van der Waals surface area contributed by atoms with Gasteiger partial charge in [-0.05, 0) is 30.3 Å². The molecule has 98 valence electrons. The number of anilines is 1. The molecule has 0 amide bonds. The zero-order chi connectivity index (χ0) is 14.3. The number of para-hydroxylation sites is 1. The smallest absolute Gasteiger partial charge is 0.205 e. The maximum absolute atomic E-state index is 13.4. The molecule has 6 heteroatoms. The maximum atomic E-state index is 13.4. The number of nitrogens with two attached hydrogens (primary N) is 1. The van der Waals surface area contributed by atoms with Gasteiger partial charge < -0.3 is 5.73 Å². The molecule has 1 heterocycles. The molecule has 0 saturated heterocycles. The number of fused-ring (bicyclic) bond motifs is 1. The van der Waals surface area contributed by atoms with Gasteiger partial charge in [0.2, 0.25) is 5.95 Å². The molecule has 2 aromatic carbocycles. The molecular weight excluding hydrogens is 279 g/mol. The van der Waals surface area contributed by atoms with Gasteiger partial charge in [-0.2, -0.15) is 5.26 Å². The lowest BCUT2D eigenvalue weighted by molar-refractivity contribution is 0.623. The monoisotopic (exact) mass is 286 g/mol. The lowest BCUT2D eigenvalue weighted by Crippen LogP contribution is -2.01. The average Bonchev–Trinajstić information content (AvgIpc) is 2.77. The van der Waals surface area contributed by atoms with E-state index in [1.807, 2.05) is 0 Å². The van der Waals surface area contributed by atoms with Crippen molar-refractivity contribution < 1.29 is 4.39 Å². The van der Waals surface area contributed by atoms with Gasteiger partial charge in [0.05, 0.1) is 21.8 Å². The Kier molecular flexibility index (Phi) is 2.81. The molecule has 0 unspecified atom stereocenters. The van der Waals surface area contributed by atoms with Crippen LogP contribution in [0.15, 0.2) is 36.4 Å². The van der Waals surface area contributed by atoms with E-state index in [-0.39, 0.29) is 11.5 Å². The van der Waals surface area contributed by atoms with Crippen LogP contribution in [0.1, 0.15) is 5.56 Å². The van der Waals surface area contributed by atoms with E-state index in [0.717, 1.165) is 0 Å². The fourth-order valence-corrected chi connectivity index (χ4v) is 2.30. The third-order valence-corrected chi connectivity index (χ3v) is 3.30. The second-order valence-electron chi connectivity index (χ2n) is 4.19. The van der Waals surface area contributed by atoms with Crippen LogP contribution in [0.2, 0.25) is 5.02 Å². The van der Waals surface area contributed by atoms with Gasteiger partial charge in [-0.25, -0.2) is 9.37 Å². The fourth-order valence-electron chi connectivity index (χ4n) is 2.09. The van der Waals surface area contributed by atoms with Gasteiger partial charge in [-0.15, -0.1) is 0 Å². The van der Waals surface area contributed by atoms with E-state index in [0.29, 0.717) is 21.7 Å². The van der Waals surface area contributed by atoms with Crippen molar-refractivity contribution in [1.29, 1.82) is 5.26 Å². The second kappa shape index (κ2) is 4.51. The summed E-state index contributed by atoms with van der Waals surface area (Å²) in [6.45, 7) is 0. The molecule has 0 bridgehead atoms. The van der Waals surface area contributed by atoms with Gasteiger partial charge in [-0.3, -0.25) is 4.57 Å². The Hall–Kier alpha value is -2.58. The van der Waals surface area contributed by atoms with E-state index < -0.39 is 5.82 Å². The molecule has 0 saturated carbocycles. The van der Waals surface area contributed by atoms with Crippen molar-refractivity contribution in [2.45, 2.75) is 0 Å². The van der Waals surface area contributed by atoms with Crippen LogP contribution in [0.3, 0.4) is 0 Å². The Labute approximate surface area is 118 Å². The quantitative estimate of drug-likeness (QED) is 0.746. The highest BCUT2D eigenvalue weighted by Gasteiger charge is 2.13. The summed E-state index contributed by atoms with van der Waals surface area (Å²) >= 11 is 6.07. The van der Waals surface area contributed by atoms with Crippen molar-refractivity contribution in [1.82, 2.24) is 9.55 Å². The first-order valence-corrected chi connectivity index (χ1v) is 6.12. The van der Waals surface area contributed by atoms with Crippen LogP contribution >= 0.6 is 11.6 Å². The number of nitriles is 1. The summed E-state index contributed by atoms with van der Waals surface area (Å²) in [6.07, 6.45) is 0. The highest BCUT2D eigenvalue weighted by molar-refractivity contribution is 6.35. The number of imidazole rings is 1. The summed E-state index contributed by atoms with van der Waals surface area (Å²) in [7, 11) is 0. The molecule has 4 nitrogen and oxygen atoms in total. The van der Waals surface area contributed by atoms with Crippen molar-refractivity contribution in [3.05, 3.63) is 52.8 Å². The van der Waals surface area contributed by atoms with Crippen molar-refractivity contribution >= 4 is 28.6 Å². The van der Waals surface area contributed by atoms with Crippen LogP contribution in [-0.4, -0.2) is 9.55 Å². The Morgan fingerprint density at radius 3 is 2.85 bits per heavy atom. The average molecular weight is 287 g/mol. The molecule has 0 atom stereocenters. The maximum Gasteiger partial charge on any atom is 0.205 e. The van der Waals surface area contributed by atoms with E-state index in [1.54, 1.807) is 28.8 Å². The largest absolute Gasteiger partial charge is 0.369 e. The van der Waals surface area contributed by atoms with E-state index in [4.69, 9.17) is 22.6 Å². The lowest BCUT2D eigenvalue weighted by atomic mass is 10.2. The van der Waals surface area contributed by atoms with E-state index in [2.05, 4.69) is 4.98 Å². The fraction of sp³-hybridized carbons (Fsp3) is 0. The molecule has 0 aliphatic rings. The minimum atomic E-state index is -0.572. The number of benzene rings is 2. The molecule has 0 aliphatic carbocycles. The van der Waals surface area contributed by atoms with Crippen molar-refractivity contribution in [2.75, 3.05) is 5.73 Å². The molecule has 0 spiro atoms. The van der Waals surface area contributed by atoms with Gasteiger partial charge in [0.15, 0.2) is 0 Å². The summed E-state index contributed by atoms with van der Waals surface area (Å²) in [5.41, 5.74) is 7.67. The van der Waals surface area contributed by atoms with E-state index in [9.17, 15) is 4.39 Å². The molecule has 1 aromatic heterocycles. The molecule has 0 fully saturated rings. The first-order chi connectivity index (χ1) is 9.61. The normalized spacial score (nSPS) is 10.7. The topological polar surface area (TPSA) is 67.6 Å². The third-order valence-electron chi connectivity index (χ3n) is 2.99. The van der Waals surface area contributed by atoms with Gasteiger partial charge in [0.1, 0.15) is 17.4 Å². The van der Waals surface area contributed by atoms with Gasteiger partial charge >= 0.3 is 0 Å². The number of hydrogen-bond donors (Lipinski definition) is 1. The van der Waals surface area contributed by atoms with Crippen LogP contribution in [0.4, 0.5) is 10.3 Å². The summed E-state index contributed by atoms with van der Waals surface area (Å²) in [5.74, 6) is -0.346. The van der Waals surface area contributed by atoms with E-state index >= 15 is 0 Å².